The molecular weight excluding hydrogens is 481 g/mol. The average molecular weight is 517 g/mol. The zero-order valence-corrected chi connectivity index (χ0v) is 20.5. The maximum absolute atomic E-state index is 5.40. The Balaban J connectivity index is 0.00000420. The van der Waals surface area contributed by atoms with Crippen LogP contribution in [0.4, 0.5) is 0 Å². The van der Waals surface area contributed by atoms with Gasteiger partial charge in [0.1, 0.15) is 5.76 Å². The summed E-state index contributed by atoms with van der Waals surface area (Å²) in [7, 11) is 2.00. The van der Waals surface area contributed by atoms with Crippen LogP contribution in [0.15, 0.2) is 27.8 Å². The Hall–Kier alpha value is -1.55. The van der Waals surface area contributed by atoms with E-state index in [1.54, 1.807) is 6.26 Å². The normalized spacial score (nSPS) is 11.4. The van der Waals surface area contributed by atoms with Crippen LogP contribution in [0.25, 0.3) is 0 Å². The highest BCUT2D eigenvalue weighted by Gasteiger charge is 2.08. The van der Waals surface area contributed by atoms with Gasteiger partial charge >= 0.3 is 0 Å². The van der Waals surface area contributed by atoms with Crippen LogP contribution in [0, 0.1) is 13.8 Å². The lowest BCUT2D eigenvalue weighted by Crippen LogP contribution is -2.39. The third-order valence-corrected chi connectivity index (χ3v) is 4.72. The van der Waals surface area contributed by atoms with Crippen molar-refractivity contribution >= 4 is 29.9 Å². The largest absolute Gasteiger partial charge is 0.469 e. The monoisotopic (exact) mass is 517 g/mol. The quantitative estimate of drug-likeness (QED) is 0.196. The fourth-order valence-electron chi connectivity index (χ4n) is 3.08. The lowest BCUT2D eigenvalue weighted by molar-refractivity contribution is 0.145. The minimum absolute atomic E-state index is 0. The Morgan fingerprint density at radius 2 is 2.00 bits per heavy atom. The van der Waals surface area contributed by atoms with Gasteiger partial charge in [0.15, 0.2) is 5.96 Å². The zero-order valence-electron chi connectivity index (χ0n) is 18.2. The fourth-order valence-corrected chi connectivity index (χ4v) is 3.08. The molecule has 2 N–H and O–H groups in total. The van der Waals surface area contributed by atoms with Gasteiger partial charge in [-0.05, 0) is 57.7 Å². The summed E-state index contributed by atoms with van der Waals surface area (Å²) >= 11 is 0. The summed E-state index contributed by atoms with van der Waals surface area (Å²) in [4.78, 5) is 4.74. The van der Waals surface area contributed by atoms with Crippen molar-refractivity contribution in [1.29, 1.82) is 0 Å². The van der Waals surface area contributed by atoms with E-state index in [1.165, 1.54) is 11.3 Å². The van der Waals surface area contributed by atoms with Gasteiger partial charge in [-0.2, -0.15) is 5.10 Å². The molecule has 29 heavy (non-hydrogen) atoms. The summed E-state index contributed by atoms with van der Waals surface area (Å²) < 4.78 is 12.7. The number of guanidine groups is 1. The second-order valence-corrected chi connectivity index (χ2v) is 6.84. The van der Waals surface area contributed by atoms with Crippen molar-refractivity contribution in [2.24, 2.45) is 12.0 Å². The predicted octanol–water partition coefficient (Wildman–Crippen LogP) is 3.39. The smallest absolute Gasteiger partial charge is 0.191 e. The molecule has 2 rings (SSSR count). The van der Waals surface area contributed by atoms with Gasteiger partial charge in [0, 0.05) is 52.0 Å². The van der Waals surface area contributed by atoms with E-state index in [-0.39, 0.29) is 24.0 Å². The van der Waals surface area contributed by atoms with Crippen molar-refractivity contribution in [2.75, 3.05) is 32.8 Å². The predicted molar refractivity (Wildman–Crippen MR) is 128 cm³/mol. The highest BCUT2D eigenvalue weighted by molar-refractivity contribution is 14.0. The molecule has 0 aliphatic carbocycles. The number of hydrogen-bond acceptors (Lipinski definition) is 4. The highest BCUT2D eigenvalue weighted by Crippen LogP contribution is 2.13. The molecule has 0 fully saturated rings. The van der Waals surface area contributed by atoms with Gasteiger partial charge in [-0.1, -0.05) is 0 Å². The molecule has 0 bridgehead atoms. The first-order chi connectivity index (χ1) is 13.6. The average Bonchev–Trinajstić information content (AvgIpc) is 3.27. The Kier molecular flexibility index (Phi) is 12.7. The highest BCUT2D eigenvalue weighted by atomic mass is 127. The number of aliphatic imine (C=N–C) groups is 1. The summed E-state index contributed by atoms with van der Waals surface area (Å²) in [5.74, 6) is 1.83. The summed E-state index contributed by atoms with van der Waals surface area (Å²) in [5.41, 5.74) is 3.71. The maximum Gasteiger partial charge on any atom is 0.191 e. The number of aromatic nitrogens is 2. The molecule has 164 valence electrons. The zero-order chi connectivity index (χ0) is 20.2. The third-order valence-electron chi connectivity index (χ3n) is 4.72. The number of nitrogens with zero attached hydrogens (tertiary/aromatic N) is 3. The number of ether oxygens (including phenoxy) is 1. The fraction of sp³-hybridized carbons (Fsp3) is 0.619. The SMILES string of the molecule is CCOCCCNC(=NCCCc1c(C)nn(C)c1C)NCCc1ccco1.I. The van der Waals surface area contributed by atoms with Crippen LogP contribution in [-0.2, 0) is 24.6 Å². The molecule has 0 amide bonds. The summed E-state index contributed by atoms with van der Waals surface area (Å²) in [5, 5.41) is 11.3. The van der Waals surface area contributed by atoms with Crippen molar-refractivity contribution in [2.45, 2.75) is 46.5 Å². The summed E-state index contributed by atoms with van der Waals surface area (Å²) in [6.45, 7) is 10.1. The second kappa shape index (κ2) is 14.4. The maximum atomic E-state index is 5.40. The van der Waals surface area contributed by atoms with Crippen molar-refractivity contribution in [3.05, 3.63) is 41.1 Å². The number of nitrogens with one attached hydrogen (secondary N) is 2. The van der Waals surface area contributed by atoms with Crippen molar-refractivity contribution in [3.8, 4) is 0 Å². The molecule has 0 aliphatic heterocycles. The number of halogens is 1. The third kappa shape index (κ3) is 9.20. The van der Waals surface area contributed by atoms with E-state index in [1.807, 2.05) is 30.8 Å². The van der Waals surface area contributed by atoms with E-state index in [4.69, 9.17) is 14.1 Å². The van der Waals surface area contributed by atoms with Gasteiger partial charge < -0.3 is 19.8 Å². The van der Waals surface area contributed by atoms with Gasteiger partial charge in [0.25, 0.3) is 0 Å². The van der Waals surface area contributed by atoms with Crippen molar-refractivity contribution in [3.63, 3.8) is 0 Å². The first-order valence-corrected chi connectivity index (χ1v) is 10.2. The molecule has 0 radical (unpaired) electrons. The molecule has 0 saturated carbocycles. The van der Waals surface area contributed by atoms with Gasteiger partial charge in [-0.15, -0.1) is 24.0 Å². The molecule has 2 aromatic heterocycles. The lowest BCUT2D eigenvalue weighted by atomic mass is 10.1. The molecule has 0 saturated heterocycles. The summed E-state index contributed by atoms with van der Waals surface area (Å²) in [6, 6.07) is 3.91. The molecule has 0 aliphatic rings. The van der Waals surface area contributed by atoms with E-state index < -0.39 is 0 Å². The molecule has 0 unspecified atom stereocenters. The van der Waals surface area contributed by atoms with Crippen LogP contribution in [0.3, 0.4) is 0 Å². The first-order valence-electron chi connectivity index (χ1n) is 10.2. The molecule has 0 spiro atoms. The van der Waals surface area contributed by atoms with Crippen LogP contribution in [0.2, 0.25) is 0 Å². The van der Waals surface area contributed by atoms with E-state index in [0.29, 0.717) is 0 Å². The lowest BCUT2D eigenvalue weighted by Gasteiger charge is -2.12. The van der Waals surface area contributed by atoms with Crippen molar-refractivity contribution < 1.29 is 9.15 Å². The molecular formula is C21H36IN5O2. The van der Waals surface area contributed by atoms with Gasteiger partial charge in [0.05, 0.1) is 12.0 Å². The van der Waals surface area contributed by atoms with Gasteiger partial charge in [-0.3, -0.25) is 9.67 Å². The van der Waals surface area contributed by atoms with Crippen LogP contribution in [0.1, 0.15) is 42.5 Å². The van der Waals surface area contributed by atoms with E-state index in [9.17, 15) is 0 Å². The van der Waals surface area contributed by atoms with Gasteiger partial charge in [0.2, 0.25) is 0 Å². The number of furan rings is 1. The van der Waals surface area contributed by atoms with Crippen molar-refractivity contribution in [1.82, 2.24) is 20.4 Å². The standard InChI is InChI=1S/C21H35N5O2.HI/c1-5-27-15-8-13-23-21(24-14-11-19-9-7-16-28-19)22-12-6-10-20-17(2)25-26(4)18(20)3;/h7,9,16H,5-6,8,10-15H2,1-4H3,(H2,22,23,24);1H. The Morgan fingerprint density at radius 1 is 1.21 bits per heavy atom. The van der Waals surface area contributed by atoms with Crippen LogP contribution in [-0.4, -0.2) is 48.6 Å². The number of aryl methyl sites for hydroxylation is 2. The van der Waals surface area contributed by atoms with E-state index in [2.05, 4.69) is 29.6 Å². The molecule has 7 nitrogen and oxygen atoms in total. The van der Waals surface area contributed by atoms with E-state index >= 15 is 0 Å². The van der Waals surface area contributed by atoms with Crippen LogP contribution in [0.5, 0.6) is 0 Å². The number of rotatable bonds is 12. The molecule has 8 heteroatoms. The Labute approximate surface area is 191 Å². The molecule has 2 aromatic rings. The first kappa shape index (κ1) is 25.5. The molecule has 0 aromatic carbocycles. The minimum Gasteiger partial charge on any atom is -0.469 e. The number of hydrogen-bond donors (Lipinski definition) is 2. The Morgan fingerprint density at radius 3 is 2.66 bits per heavy atom. The topological polar surface area (TPSA) is 76.6 Å². The minimum atomic E-state index is 0. The van der Waals surface area contributed by atoms with Crippen LogP contribution < -0.4 is 10.6 Å². The van der Waals surface area contributed by atoms with Gasteiger partial charge in [-0.25, -0.2) is 0 Å². The second-order valence-electron chi connectivity index (χ2n) is 6.84. The van der Waals surface area contributed by atoms with Crippen LogP contribution >= 0.6 is 24.0 Å². The Bertz CT molecular complexity index is 713. The van der Waals surface area contributed by atoms with E-state index in [0.717, 1.165) is 75.9 Å². The molecule has 2 heterocycles. The molecule has 0 atom stereocenters. The summed E-state index contributed by atoms with van der Waals surface area (Å²) in [6.07, 6.45) is 5.50.